The van der Waals surface area contributed by atoms with Gasteiger partial charge in [0.25, 0.3) is 0 Å². The third-order valence-electron chi connectivity index (χ3n) is 4.59. The summed E-state index contributed by atoms with van der Waals surface area (Å²) >= 11 is 3.39. The highest BCUT2D eigenvalue weighted by molar-refractivity contribution is 9.10. The molecule has 1 aromatic rings. The number of likely N-dealkylation sites (tertiary alicyclic amines) is 1. The van der Waals surface area contributed by atoms with Gasteiger partial charge in [0.1, 0.15) is 5.92 Å². The maximum Gasteiger partial charge on any atom is 0.239 e. The number of hydrogen-bond donors (Lipinski definition) is 1. The molecular weight excluding hydrogens is 358 g/mol. The molecule has 1 atom stereocenters. The molecule has 0 bridgehead atoms. The maximum atomic E-state index is 12.5. The second kappa shape index (κ2) is 7.45. The van der Waals surface area contributed by atoms with Gasteiger partial charge in [-0.1, -0.05) is 15.9 Å². The summed E-state index contributed by atoms with van der Waals surface area (Å²) in [5.41, 5.74) is 0.852. The topological polar surface area (TPSA) is 52.7 Å². The smallest absolute Gasteiger partial charge is 0.239 e. The maximum absolute atomic E-state index is 12.5. The van der Waals surface area contributed by atoms with E-state index in [0.717, 1.165) is 29.8 Å². The third-order valence-corrected chi connectivity index (χ3v) is 5.11. The minimum Gasteiger partial charge on any atom is -0.354 e. The molecule has 1 aromatic carbocycles. The van der Waals surface area contributed by atoms with Crippen LogP contribution in [0.15, 0.2) is 28.7 Å². The van der Waals surface area contributed by atoms with E-state index in [-0.39, 0.29) is 11.8 Å². The fourth-order valence-corrected chi connectivity index (χ4v) is 3.53. The molecule has 1 unspecified atom stereocenters. The molecule has 2 amide bonds. The van der Waals surface area contributed by atoms with Crippen molar-refractivity contribution in [3.8, 4) is 0 Å². The van der Waals surface area contributed by atoms with E-state index < -0.39 is 5.92 Å². The number of nitrogens with one attached hydrogen (secondary N) is 1. The first-order valence-electron chi connectivity index (χ1n) is 8.22. The van der Waals surface area contributed by atoms with Gasteiger partial charge in [-0.2, -0.15) is 0 Å². The molecule has 3 rings (SSSR count). The molecule has 6 heteroatoms. The van der Waals surface area contributed by atoms with Crippen molar-refractivity contribution in [1.29, 1.82) is 0 Å². The first kappa shape index (κ1) is 16.5. The predicted molar refractivity (Wildman–Crippen MR) is 93.3 cm³/mol. The summed E-state index contributed by atoms with van der Waals surface area (Å²) in [4.78, 5) is 28.8. The van der Waals surface area contributed by atoms with Crippen LogP contribution in [-0.2, 0) is 9.59 Å². The minimum atomic E-state index is -0.544. The summed E-state index contributed by atoms with van der Waals surface area (Å²) < 4.78 is 0.976. The quantitative estimate of drug-likeness (QED) is 0.796. The summed E-state index contributed by atoms with van der Waals surface area (Å²) in [7, 11) is 0. The number of anilines is 1. The van der Waals surface area contributed by atoms with Crippen molar-refractivity contribution in [2.75, 3.05) is 37.6 Å². The molecule has 0 radical (unpaired) electrons. The van der Waals surface area contributed by atoms with Crippen molar-refractivity contribution in [2.45, 2.75) is 19.3 Å². The highest BCUT2D eigenvalue weighted by Crippen LogP contribution is 2.26. The second-order valence-electron chi connectivity index (χ2n) is 6.15. The standard InChI is InChI=1S/C17H22BrN3O2/c18-13-3-5-14(6-4-13)21-11-7-15(17(21)23)16(22)19-8-12-20-9-1-2-10-20/h3-6,15H,1-2,7-12H2,(H,19,22). The molecule has 1 N–H and O–H groups in total. The van der Waals surface area contributed by atoms with Crippen molar-refractivity contribution in [2.24, 2.45) is 5.92 Å². The zero-order valence-corrected chi connectivity index (χ0v) is 14.7. The van der Waals surface area contributed by atoms with E-state index in [1.807, 2.05) is 24.3 Å². The van der Waals surface area contributed by atoms with Crippen molar-refractivity contribution >= 4 is 33.4 Å². The van der Waals surface area contributed by atoms with Crippen LogP contribution < -0.4 is 10.2 Å². The molecule has 2 aliphatic rings. The Balaban J connectivity index is 1.51. The fourth-order valence-electron chi connectivity index (χ4n) is 3.27. The first-order chi connectivity index (χ1) is 11.1. The van der Waals surface area contributed by atoms with Crippen LogP contribution in [0.4, 0.5) is 5.69 Å². The lowest BCUT2D eigenvalue weighted by Crippen LogP contribution is -2.40. The fraction of sp³-hybridized carbons (Fsp3) is 0.529. The molecule has 0 aliphatic carbocycles. The largest absolute Gasteiger partial charge is 0.354 e. The van der Waals surface area contributed by atoms with Gasteiger partial charge in [0.15, 0.2) is 0 Å². The Morgan fingerprint density at radius 3 is 2.57 bits per heavy atom. The zero-order chi connectivity index (χ0) is 16.2. The minimum absolute atomic E-state index is 0.0917. The van der Waals surface area contributed by atoms with Crippen LogP contribution in [0.25, 0.3) is 0 Å². The monoisotopic (exact) mass is 379 g/mol. The molecule has 2 aliphatic heterocycles. The van der Waals surface area contributed by atoms with Crippen LogP contribution >= 0.6 is 15.9 Å². The van der Waals surface area contributed by atoms with E-state index in [1.54, 1.807) is 4.90 Å². The van der Waals surface area contributed by atoms with Gasteiger partial charge < -0.3 is 15.1 Å². The molecule has 5 nitrogen and oxygen atoms in total. The van der Waals surface area contributed by atoms with E-state index in [1.165, 1.54) is 12.8 Å². The molecule has 0 saturated carbocycles. The first-order valence-corrected chi connectivity index (χ1v) is 9.01. The van der Waals surface area contributed by atoms with Crippen LogP contribution in [0.3, 0.4) is 0 Å². The van der Waals surface area contributed by atoms with Gasteiger partial charge in [-0.3, -0.25) is 9.59 Å². The zero-order valence-electron chi connectivity index (χ0n) is 13.1. The highest BCUT2D eigenvalue weighted by Gasteiger charge is 2.37. The number of benzene rings is 1. The van der Waals surface area contributed by atoms with Gasteiger partial charge in [-0.15, -0.1) is 0 Å². The Morgan fingerprint density at radius 2 is 1.87 bits per heavy atom. The third kappa shape index (κ3) is 3.93. The van der Waals surface area contributed by atoms with Gasteiger partial charge in [0.05, 0.1) is 0 Å². The Hall–Kier alpha value is -1.40. The highest BCUT2D eigenvalue weighted by atomic mass is 79.9. The SMILES string of the molecule is O=C(NCCN1CCCC1)C1CCN(c2ccc(Br)cc2)C1=O. The second-order valence-corrected chi connectivity index (χ2v) is 7.06. The van der Waals surface area contributed by atoms with Gasteiger partial charge in [-0.25, -0.2) is 0 Å². The van der Waals surface area contributed by atoms with Crippen LogP contribution in [0.1, 0.15) is 19.3 Å². The molecule has 124 valence electrons. The van der Waals surface area contributed by atoms with Crippen molar-refractivity contribution in [1.82, 2.24) is 10.2 Å². The van der Waals surface area contributed by atoms with E-state index in [0.29, 0.717) is 19.5 Å². The summed E-state index contributed by atoms with van der Waals surface area (Å²) in [5, 5.41) is 2.93. The number of carbonyl (C=O) groups is 2. The lowest BCUT2D eigenvalue weighted by atomic mass is 10.1. The van der Waals surface area contributed by atoms with Crippen LogP contribution in [0.2, 0.25) is 0 Å². The normalized spacial score (nSPS) is 21.9. The summed E-state index contributed by atoms with van der Waals surface area (Å²) in [5.74, 6) is -0.767. The van der Waals surface area contributed by atoms with E-state index >= 15 is 0 Å². The molecular formula is C17H22BrN3O2. The average Bonchev–Trinajstić information content (AvgIpc) is 3.18. The molecule has 0 aromatic heterocycles. The lowest BCUT2D eigenvalue weighted by molar-refractivity contribution is -0.132. The predicted octanol–water partition coefficient (Wildman–Crippen LogP) is 2.01. The molecule has 2 fully saturated rings. The Kier molecular flexibility index (Phi) is 5.33. The summed E-state index contributed by atoms with van der Waals surface area (Å²) in [6, 6.07) is 7.61. The average molecular weight is 380 g/mol. The number of rotatable bonds is 5. The molecule has 2 saturated heterocycles. The number of halogens is 1. The summed E-state index contributed by atoms with van der Waals surface area (Å²) in [6.07, 6.45) is 3.08. The summed E-state index contributed by atoms with van der Waals surface area (Å²) in [6.45, 7) is 4.35. The van der Waals surface area contributed by atoms with Gasteiger partial charge in [-0.05, 0) is 56.6 Å². The van der Waals surface area contributed by atoms with Crippen LogP contribution in [0.5, 0.6) is 0 Å². The molecule has 23 heavy (non-hydrogen) atoms. The Labute approximate surface area is 145 Å². The molecule has 0 spiro atoms. The number of amides is 2. The van der Waals surface area contributed by atoms with Crippen LogP contribution in [-0.4, -0.2) is 49.4 Å². The Bertz CT molecular complexity index is 570. The van der Waals surface area contributed by atoms with E-state index in [9.17, 15) is 9.59 Å². The number of hydrogen-bond acceptors (Lipinski definition) is 3. The number of carbonyl (C=O) groups excluding carboxylic acids is 2. The van der Waals surface area contributed by atoms with Crippen molar-refractivity contribution in [3.05, 3.63) is 28.7 Å². The lowest BCUT2D eigenvalue weighted by Gasteiger charge is -2.18. The molecule has 2 heterocycles. The Morgan fingerprint density at radius 1 is 1.17 bits per heavy atom. The van der Waals surface area contributed by atoms with Gasteiger partial charge in [0, 0.05) is 29.8 Å². The van der Waals surface area contributed by atoms with Crippen LogP contribution in [0, 0.1) is 5.92 Å². The van der Waals surface area contributed by atoms with Crippen molar-refractivity contribution < 1.29 is 9.59 Å². The van der Waals surface area contributed by atoms with Gasteiger partial charge >= 0.3 is 0 Å². The van der Waals surface area contributed by atoms with Gasteiger partial charge in [0.2, 0.25) is 11.8 Å². The van der Waals surface area contributed by atoms with E-state index in [4.69, 9.17) is 0 Å². The van der Waals surface area contributed by atoms with E-state index in [2.05, 4.69) is 26.1 Å². The number of nitrogens with zero attached hydrogens (tertiary/aromatic N) is 2. The van der Waals surface area contributed by atoms with Crippen molar-refractivity contribution in [3.63, 3.8) is 0 Å².